The number of hydrogen-bond donors (Lipinski definition) is 2. The molecule has 0 unspecified atom stereocenters. The molecule has 0 spiro atoms. The van der Waals surface area contributed by atoms with E-state index in [1.165, 1.54) is 11.2 Å². The second-order valence-electron chi connectivity index (χ2n) is 4.12. The molecule has 0 saturated carbocycles. The van der Waals surface area contributed by atoms with Crippen molar-refractivity contribution < 1.29 is 16.8 Å². The first-order chi connectivity index (χ1) is 8.37. The van der Waals surface area contributed by atoms with Crippen LogP contribution in [0.15, 0.2) is 0 Å². The lowest BCUT2D eigenvalue weighted by Gasteiger charge is -2.19. The minimum Gasteiger partial charge on any atom is -0.315 e. The highest BCUT2D eigenvalue weighted by Crippen LogP contribution is 2.04. The first-order valence-electron chi connectivity index (χ1n) is 6.03. The normalized spacial score (nSPS) is 19.6. The predicted octanol–water partition coefficient (Wildman–Crippen LogP) is -1.45. The largest absolute Gasteiger partial charge is 0.315 e. The number of nitrogens with zero attached hydrogens (tertiary/aromatic N) is 1. The molecule has 2 N–H and O–H groups in total. The highest BCUT2D eigenvalue weighted by atomic mass is 32.2. The first kappa shape index (κ1) is 15.8. The average Bonchev–Trinajstić information content (AvgIpc) is 2.57. The van der Waals surface area contributed by atoms with E-state index in [-0.39, 0.29) is 18.1 Å². The van der Waals surface area contributed by atoms with Crippen LogP contribution in [0.1, 0.15) is 13.3 Å². The van der Waals surface area contributed by atoms with Crippen LogP contribution in [-0.4, -0.2) is 65.4 Å². The number of rotatable bonds is 6. The first-order valence-corrected chi connectivity index (χ1v) is 9.29. The van der Waals surface area contributed by atoms with Crippen molar-refractivity contribution in [3.63, 3.8) is 0 Å². The summed E-state index contributed by atoms with van der Waals surface area (Å²) in [5.41, 5.74) is 0. The fourth-order valence-corrected chi connectivity index (χ4v) is 3.80. The van der Waals surface area contributed by atoms with Gasteiger partial charge in [-0.05, 0) is 19.9 Å². The Hall–Kier alpha value is -0.220. The van der Waals surface area contributed by atoms with Crippen LogP contribution in [0.3, 0.4) is 0 Å². The van der Waals surface area contributed by atoms with Crippen LogP contribution in [0, 0.1) is 0 Å². The molecule has 0 aliphatic carbocycles. The van der Waals surface area contributed by atoms with E-state index in [9.17, 15) is 16.8 Å². The molecule has 0 aromatic rings. The van der Waals surface area contributed by atoms with Gasteiger partial charge in [-0.15, -0.1) is 0 Å². The van der Waals surface area contributed by atoms with Crippen molar-refractivity contribution >= 4 is 20.0 Å². The van der Waals surface area contributed by atoms with Gasteiger partial charge in [-0.25, -0.2) is 25.9 Å². The average molecular weight is 299 g/mol. The smallest absolute Gasteiger partial charge is 0.215 e. The van der Waals surface area contributed by atoms with Gasteiger partial charge in [0.25, 0.3) is 0 Å². The van der Waals surface area contributed by atoms with Gasteiger partial charge in [-0.2, -0.15) is 0 Å². The molecule has 1 rings (SSSR count). The number of hydrogen-bond acceptors (Lipinski definition) is 5. The van der Waals surface area contributed by atoms with E-state index in [0.29, 0.717) is 19.6 Å². The Balaban J connectivity index is 2.48. The molecule has 1 aliphatic rings. The van der Waals surface area contributed by atoms with Gasteiger partial charge in [0.15, 0.2) is 0 Å². The second kappa shape index (κ2) is 6.80. The van der Waals surface area contributed by atoms with E-state index in [1.54, 1.807) is 0 Å². The minimum absolute atomic E-state index is 0.0410. The Kier molecular flexibility index (Phi) is 5.99. The van der Waals surface area contributed by atoms with Gasteiger partial charge in [-0.1, -0.05) is 0 Å². The van der Waals surface area contributed by atoms with Crippen LogP contribution in [0.5, 0.6) is 0 Å². The summed E-state index contributed by atoms with van der Waals surface area (Å²) in [6, 6.07) is 0. The minimum atomic E-state index is -3.37. The summed E-state index contributed by atoms with van der Waals surface area (Å²) in [6.07, 6.45) is 0.778. The molecule has 0 radical (unpaired) electrons. The van der Waals surface area contributed by atoms with Gasteiger partial charge in [0.05, 0.1) is 11.5 Å². The van der Waals surface area contributed by atoms with Crippen LogP contribution < -0.4 is 10.0 Å². The molecular formula is C9H21N3O4S2. The lowest BCUT2D eigenvalue weighted by atomic mass is 10.4. The molecule has 1 saturated heterocycles. The van der Waals surface area contributed by atoms with Gasteiger partial charge in [-0.3, -0.25) is 0 Å². The van der Waals surface area contributed by atoms with E-state index in [4.69, 9.17) is 0 Å². The number of sulfonamides is 2. The van der Waals surface area contributed by atoms with Crippen molar-refractivity contribution in [2.75, 3.05) is 44.2 Å². The van der Waals surface area contributed by atoms with Crippen LogP contribution in [0.2, 0.25) is 0 Å². The molecule has 0 bridgehead atoms. The zero-order valence-electron chi connectivity index (χ0n) is 10.6. The maximum atomic E-state index is 12.0. The maximum Gasteiger partial charge on any atom is 0.215 e. The quantitative estimate of drug-likeness (QED) is 0.626. The van der Waals surface area contributed by atoms with E-state index >= 15 is 0 Å². The topological polar surface area (TPSA) is 95.6 Å². The molecule has 18 heavy (non-hydrogen) atoms. The third-order valence-corrected chi connectivity index (χ3v) is 6.03. The van der Waals surface area contributed by atoms with Crippen molar-refractivity contribution in [2.24, 2.45) is 0 Å². The molecule has 7 nitrogen and oxygen atoms in total. The van der Waals surface area contributed by atoms with Gasteiger partial charge >= 0.3 is 0 Å². The molecule has 108 valence electrons. The summed E-state index contributed by atoms with van der Waals surface area (Å²) in [5.74, 6) is -0.229. The third kappa shape index (κ3) is 5.19. The molecule has 1 aliphatic heterocycles. The Labute approximate surface area is 109 Å². The lowest BCUT2D eigenvalue weighted by molar-refractivity contribution is 0.432. The van der Waals surface area contributed by atoms with Crippen LogP contribution >= 0.6 is 0 Å². The Bertz CT molecular complexity index is 438. The lowest BCUT2D eigenvalue weighted by Crippen LogP contribution is -2.39. The van der Waals surface area contributed by atoms with Crippen molar-refractivity contribution in [2.45, 2.75) is 13.3 Å². The van der Waals surface area contributed by atoms with Crippen molar-refractivity contribution in [3.8, 4) is 0 Å². The van der Waals surface area contributed by atoms with E-state index in [2.05, 4.69) is 10.0 Å². The number of nitrogens with one attached hydrogen (secondary N) is 2. The Morgan fingerprint density at radius 1 is 1.17 bits per heavy atom. The van der Waals surface area contributed by atoms with Crippen molar-refractivity contribution in [1.82, 2.24) is 14.3 Å². The molecule has 0 atom stereocenters. The summed E-state index contributed by atoms with van der Waals surface area (Å²) in [4.78, 5) is 0. The highest BCUT2D eigenvalue weighted by Gasteiger charge is 2.22. The maximum absolute atomic E-state index is 12.0. The van der Waals surface area contributed by atoms with Gasteiger partial charge in [0.2, 0.25) is 20.0 Å². The second-order valence-corrected chi connectivity index (χ2v) is 8.30. The summed E-state index contributed by atoms with van der Waals surface area (Å²) >= 11 is 0. The zero-order valence-corrected chi connectivity index (χ0v) is 12.2. The summed E-state index contributed by atoms with van der Waals surface area (Å²) in [5, 5.41) is 3.12. The summed E-state index contributed by atoms with van der Waals surface area (Å²) < 4.78 is 50.0. The zero-order chi connectivity index (χ0) is 13.6. The van der Waals surface area contributed by atoms with Crippen LogP contribution in [-0.2, 0) is 20.0 Å². The molecular weight excluding hydrogens is 278 g/mol. The Morgan fingerprint density at radius 2 is 1.89 bits per heavy atom. The standard InChI is InChI=1S/C9H21N3O4S2/c1-2-17(13,14)11-6-9-18(15,16)12-7-3-4-10-5-8-12/h10-11H,2-9H2,1H3. The molecule has 1 heterocycles. The Morgan fingerprint density at radius 3 is 2.56 bits per heavy atom. The molecule has 0 amide bonds. The van der Waals surface area contributed by atoms with Gasteiger partial charge < -0.3 is 5.32 Å². The SMILES string of the molecule is CCS(=O)(=O)NCCS(=O)(=O)N1CCCNCC1. The van der Waals surface area contributed by atoms with Gasteiger partial charge in [0.1, 0.15) is 0 Å². The molecule has 1 fully saturated rings. The summed E-state index contributed by atoms with van der Waals surface area (Å²) in [7, 11) is -6.70. The third-order valence-electron chi connectivity index (χ3n) is 2.75. The van der Waals surface area contributed by atoms with E-state index in [1.807, 2.05) is 0 Å². The van der Waals surface area contributed by atoms with E-state index < -0.39 is 20.0 Å². The predicted molar refractivity (Wildman–Crippen MR) is 70.3 cm³/mol. The monoisotopic (exact) mass is 299 g/mol. The van der Waals surface area contributed by atoms with Crippen molar-refractivity contribution in [1.29, 1.82) is 0 Å². The molecule has 0 aromatic carbocycles. The van der Waals surface area contributed by atoms with Gasteiger partial charge in [0, 0.05) is 26.2 Å². The fraction of sp³-hybridized carbons (Fsp3) is 1.00. The molecule has 9 heteroatoms. The van der Waals surface area contributed by atoms with E-state index in [0.717, 1.165) is 13.0 Å². The van der Waals surface area contributed by atoms with Crippen LogP contribution in [0.4, 0.5) is 0 Å². The van der Waals surface area contributed by atoms with Crippen molar-refractivity contribution in [3.05, 3.63) is 0 Å². The summed E-state index contributed by atoms with van der Waals surface area (Å²) in [6.45, 7) is 3.84. The highest BCUT2D eigenvalue weighted by molar-refractivity contribution is 7.90. The van der Waals surface area contributed by atoms with Crippen LogP contribution in [0.25, 0.3) is 0 Å². The fourth-order valence-electron chi connectivity index (χ4n) is 1.66. The molecule has 0 aromatic heterocycles.